The molecule has 0 bridgehead atoms. The van der Waals surface area contributed by atoms with E-state index in [2.05, 4.69) is 5.32 Å². The van der Waals surface area contributed by atoms with Crippen molar-refractivity contribution in [3.05, 3.63) is 59.2 Å². The highest BCUT2D eigenvalue weighted by atomic mass is 19.1. The Morgan fingerprint density at radius 3 is 2.56 bits per heavy atom. The summed E-state index contributed by atoms with van der Waals surface area (Å²) in [4.78, 5) is 0. The lowest BCUT2D eigenvalue weighted by molar-refractivity contribution is 0.468. The fourth-order valence-corrected chi connectivity index (χ4v) is 1.69. The van der Waals surface area contributed by atoms with Crippen LogP contribution in [0.4, 0.5) is 14.5 Å². The number of anilines is 1. The first-order valence-corrected chi connectivity index (χ1v) is 5.53. The topological polar surface area (TPSA) is 32.3 Å². The van der Waals surface area contributed by atoms with Gasteiger partial charge in [0.15, 0.2) is 0 Å². The Morgan fingerprint density at radius 1 is 1.11 bits per heavy atom. The Balaban J connectivity index is 2.08. The lowest BCUT2D eigenvalue weighted by Gasteiger charge is -2.08. The maximum absolute atomic E-state index is 13.1. The first kappa shape index (κ1) is 12.4. The Morgan fingerprint density at radius 2 is 1.89 bits per heavy atom. The summed E-state index contributed by atoms with van der Waals surface area (Å²) in [5, 5.41) is 12.3. The van der Waals surface area contributed by atoms with Crippen LogP contribution < -0.4 is 5.32 Å². The summed E-state index contributed by atoms with van der Waals surface area (Å²) in [6.45, 7) is 2.03. The Kier molecular flexibility index (Phi) is 3.46. The fourth-order valence-electron chi connectivity index (χ4n) is 1.69. The molecule has 2 aromatic rings. The third kappa shape index (κ3) is 2.97. The molecule has 4 heteroatoms. The molecule has 2 nitrogen and oxygen atoms in total. The highest BCUT2D eigenvalue weighted by molar-refractivity contribution is 5.46. The van der Waals surface area contributed by atoms with Crippen LogP contribution >= 0.6 is 0 Å². The van der Waals surface area contributed by atoms with Gasteiger partial charge in [0.25, 0.3) is 0 Å². The maximum Gasteiger partial charge on any atom is 0.127 e. The average molecular weight is 249 g/mol. The van der Waals surface area contributed by atoms with Gasteiger partial charge in [0.1, 0.15) is 17.4 Å². The molecule has 0 saturated heterocycles. The molecule has 2 aromatic carbocycles. The molecule has 0 amide bonds. The van der Waals surface area contributed by atoms with Gasteiger partial charge >= 0.3 is 0 Å². The third-order valence-electron chi connectivity index (χ3n) is 2.60. The number of rotatable bonds is 3. The second-order valence-electron chi connectivity index (χ2n) is 4.14. The van der Waals surface area contributed by atoms with Gasteiger partial charge in [-0.05, 0) is 48.4 Å². The molecule has 0 fully saturated rings. The Labute approximate surface area is 104 Å². The predicted octanol–water partition coefficient (Wildman–Crippen LogP) is 3.59. The van der Waals surface area contributed by atoms with Crippen molar-refractivity contribution in [2.24, 2.45) is 0 Å². The molecule has 0 aliphatic rings. The van der Waals surface area contributed by atoms with E-state index in [0.29, 0.717) is 17.7 Å². The zero-order valence-electron chi connectivity index (χ0n) is 9.87. The minimum Gasteiger partial charge on any atom is -0.508 e. The summed E-state index contributed by atoms with van der Waals surface area (Å²) in [7, 11) is 0. The lowest BCUT2D eigenvalue weighted by atomic mass is 10.2. The van der Waals surface area contributed by atoms with Crippen LogP contribution in [0.25, 0.3) is 0 Å². The molecule has 0 aliphatic heterocycles. The number of aryl methyl sites for hydroxylation is 1. The smallest absolute Gasteiger partial charge is 0.127 e. The van der Waals surface area contributed by atoms with E-state index in [0.717, 1.165) is 11.8 Å². The van der Waals surface area contributed by atoms with Crippen molar-refractivity contribution < 1.29 is 13.9 Å². The van der Waals surface area contributed by atoms with Crippen molar-refractivity contribution in [2.45, 2.75) is 13.5 Å². The molecular formula is C14H13F2NO. The summed E-state index contributed by atoms with van der Waals surface area (Å²) < 4.78 is 26.1. The molecule has 0 aromatic heterocycles. The van der Waals surface area contributed by atoms with Gasteiger partial charge < -0.3 is 10.4 Å². The highest BCUT2D eigenvalue weighted by Gasteiger charge is 2.01. The van der Waals surface area contributed by atoms with Crippen LogP contribution in [-0.2, 0) is 6.54 Å². The van der Waals surface area contributed by atoms with Gasteiger partial charge in [-0.2, -0.15) is 0 Å². The first-order valence-electron chi connectivity index (χ1n) is 5.53. The van der Waals surface area contributed by atoms with Crippen LogP contribution in [0.2, 0.25) is 0 Å². The molecule has 0 unspecified atom stereocenters. The largest absolute Gasteiger partial charge is 0.508 e. The molecule has 0 atom stereocenters. The third-order valence-corrected chi connectivity index (χ3v) is 2.60. The number of hydrogen-bond donors (Lipinski definition) is 2. The lowest BCUT2D eigenvalue weighted by Crippen LogP contribution is -2.00. The highest BCUT2D eigenvalue weighted by Crippen LogP contribution is 2.17. The number of phenols is 1. The second kappa shape index (κ2) is 5.04. The van der Waals surface area contributed by atoms with Crippen molar-refractivity contribution >= 4 is 5.69 Å². The SMILES string of the molecule is Cc1cc(NCc2cc(O)cc(F)c2)ccc1F. The van der Waals surface area contributed by atoms with E-state index in [1.807, 2.05) is 0 Å². The van der Waals surface area contributed by atoms with Gasteiger partial charge in [-0.1, -0.05) is 0 Å². The summed E-state index contributed by atoms with van der Waals surface area (Å²) in [6.07, 6.45) is 0. The molecule has 0 radical (unpaired) electrons. The zero-order chi connectivity index (χ0) is 13.1. The standard InChI is InChI=1S/C14H13F2NO/c1-9-4-12(2-3-14(9)16)17-8-10-5-11(15)7-13(18)6-10/h2-7,17-18H,8H2,1H3. The number of phenolic OH excluding ortho intramolecular Hbond substituents is 1. The number of hydrogen-bond acceptors (Lipinski definition) is 2. The first-order chi connectivity index (χ1) is 8.54. The van der Waals surface area contributed by atoms with Crippen molar-refractivity contribution in [1.82, 2.24) is 0 Å². The Hall–Kier alpha value is -2.10. The minimum atomic E-state index is -0.484. The predicted molar refractivity (Wildman–Crippen MR) is 66.5 cm³/mol. The van der Waals surface area contributed by atoms with Crippen LogP contribution in [0.5, 0.6) is 5.75 Å². The van der Waals surface area contributed by atoms with Crippen molar-refractivity contribution in [3.8, 4) is 5.75 Å². The minimum absolute atomic E-state index is 0.109. The Bertz CT molecular complexity index is 549. The van der Waals surface area contributed by atoms with Crippen LogP contribution in [-0.4, -0.2) is 5.11 Å². The number of nitrogens with one attached hydrogen (secondary N) is 1. The summed E-state index contributed by atoms with van der Waals surface area (Å²) >= 11 is 0. The normalized spacial score (nSPS) is 10.4. The van der Waals surface area contributed by atoms with Crippen molar-refractivity contribution in [2.75, 3.05) is 5.32 Å². The molecule has 94 valence electrons. The van der Waals surface area contributed by atoms with Crippen molar-refractivity contribution in [3.63, 3.8) is 0 Å². The van der Waals surface area contributed by atoms with Gasteiger partial charge in [-0.3, -0.25) is 0 Å². The monoisotopic (exact) mass is 249 g/mol. The van der Waals surface area contributed by atoms with Gasteiger partial charge in [-0.15, -0.1) is 0 Å². The number of benzene rings is 2. The van der Waals surface area contributed by atoms with Crippen LogP contribution in [0.3, 0.4) is 0 Å². The quantitative estimate of drug-likeness (QED) is 0.871. The summed E-state index contributed by atoms with van der Waals surface area (Å²) in [5.41, 5.74) is 1.91. The van der Waals surface area contributed by atoms with E-state index in [1.54, 1.807) is 19.1 Å². The average Bonchev–Trinajstić information content (AvgIpc) is 2.29. The van der Waals surface area contributed by atoms with Crippen LogP contribution in [0.1, 0.15) is 11.1 Å². The number of halogens is 2. The van der Waals surface area contributed by atoms with E-state index in [-0.39, 0.29) is 11.6 Å². The molecule has 2 rings (SSSR count). The van der Waals surface area contributed by atoms with E-state index in [4.69, 9.17) is 0 Å². The van der Waals surface area contributed by atoms with E-state index in [9.17, 15) is 13.9 Å². The molecular weight excluding hydrogens is 236 g/mol. The zero-order valence-corrected chi connectivity index (χ0v) is 9.87. The summed E-state index contributed by atoms with van der Waals surface area (Å²) in [6, 6.07) is 8.53. The molecule has 0 saturated carbocycles. The van der Waals surface area contributed by atoms with Crippen molar-refractivity contribution in [1.29, 1.82) is 0 Å². The van der Waals surface area contributed by atoms with Crippen LogP contribution in [0.15, 0.2) is 36.4 Å². The molecule has 0 spiro atoms. The number of aromatic hydroxyl groups is 1. The van der Waals surface area contributed by atoms with Gasteiger partial charge in [0.05, 0.1) is 0 Å². The molecule has 2 N–H and O–H groups in total. The molecule has 0 heterocycles. The van der Waals surface area contributed by atoms with Gasteiger partial charge in [0, 0.05) is 18.3 Å². The fraction of sp³-hybridized carbons (Fsp3) is 0.143. The second-order valence-corrected chi connectivity index (χ2v) is 4.14. The van der Waals surface area contributed by atoms with Gasteiger partial charge in [-0.25, -0.2) is 8.78 Å². The van der Waals surface area contributed by atoms with E-state index < -0.39 is 5.82 Å². The maximum atomic E-state index is 13.1. The molecule has 0 aliphatic carbocycles. The van der Waals surface area contributed by atoms with Crippen LogP contribution in [0, 0.1) is 18.6 Å². The summed E-state index contributed by atoms with van der Waals surface area (Å²) in [5.74, 6) is -0.854. The van der Waals surface area contributed by atoms with Gasteiger partial charge in [0.2, 0.25) is 0 Å². The van der Waals surface area contributed by atoms with E-state index in [1.165, 1.54) is 18.2 Å². The molecule has 18 heavy (non-hydrogen) atoms. The van der Waals surface area contributed by atoms with E-state index >= 15 is 0 Å².